The summed E-state index contributed by atoms with van der Waals surface area (Å²) >= 11 is 0. The van der Waals surface area contributed by atoms with Gasteiger partial charge in [0.1, 0.15) is 0 Å². The average molecular weight is 224 g/mol. The van der Waals surface area contributed by atoms with Crippen LogP contribution in [0, 0.1) is 11.8 Å². The van der Waals surface area contributed by atoms with Gasteiger partial charge in [-0.1, -0.05) is 26.7 Å². The van der Waals surface area contributed by atoms with Crippen LogP contribution in [-0.2, 0) is 0 Å². The summed E-state index contributed by atoms with van der Waals surface area (Å²) in [6, 6.07) is 1.57. The first-order valence-corrected chi connectivity index (χ1v) is 7.13. The number of hydrogen-bond donors (Lipinski definition) is 1. The van der Waals surface area contributed by atoms with Crippen molar-refractivity contribution in [2.45, 2.75) is 58.0 Å². The van der Waals surface area contributed by atoms with Crippen LogP contribution in [-0.4, -0.2) is 37.1 Å². The van der Waals surface area contributed by atoms with Gasteiger partial charge in [-0.05, 0) is 44.7 Å². The van der Waals surface area contributed by atoms with Crippen molar-refractivity contribution in [2.75, 3.05) is 20.1 Å². The van der Waals surface area contributed by atoms with Gasteiger partial charge in [-0.15, -0.1) is 0 Å². The maximum Gasteiger partial charge on any atom is 0.0249 e. The van der Waals surface area contributed by atoms with Gasteiger partial charge in [0, 0.05) is 18.6 Å². The Morgan fingerprint density at radius 3 is 2.50 bits per heavy atom. The fraction of sp³-hybridized carbons (Fsp3) is 1.00. The van der Waals surface area contributed by atoms with Crippen molar-refractivity contribution >= 4 is 0 Å². The van der Waals surface area contributed by atoms with E-state index in [-0.39, 0.29) is 0 Å². The Labute approximate surface area is 101 Å². The van der Waals surface area contributed by atoms with Gasteiger partial charge >= 0.3 is 0 Å². The van der Waals surface area contributed by atoms with Gasteiger partial charge in [0.2, 0.25) is 0 Å². The number of hydrogen-bond acceptors (Lipinski definition) is 2. The molecule has 3 unspecified atom stereocenters. The lowest BCUT2D eigenvalue weighted by atomic mass is 9.89. The Bertz CT molecular complexity index is 215. The molecule has 1 aliphatic carbocycles. The van der Waals surface area contributed by atoms with Crippen LogP contribution in [0.4, 0.5) is 0 Å². The van der Waals surface area contributed by atoms with Crippen molar-refractivity contribution in [2.24, 2.45) is 11.8 Å². The van der Waals surface area contributed by atoms with Gasteiger partial charge in [0.25, 0.3) is 0 Å². The number of nitrogens with zero attached hydrogens (tertiary/aromatic N) is 1. The molecule has 3 atom stereocenters. The zero-order chi connectivity index (χ0) is 11.5. The highest BCUT2D eigenvalue weighted by atomic mass is 15.2. The molecular weight excluding hydrogens is 196 g/mol. The third-order valence-corrected chi connectivity index (χ3v) is 4.77. The molecule has 2 fully saturated rings. The molecule has 94 valence electrons. The first-order valence-electron chi connectivity index (χ1n) is 7.13. The summed E-state index contributed by atoms with van der Waals surface area (Å²) in [7, 11) is 2.14. The van der Waals surface area contributed by atoms with E-state index in [1.54, 1.807) is 0 Å². The van der Waals surface area contributed by atoms with E-state index in [1.807, 2.05) is 0 Å². The summed E-state index contributed by atoms with van der Waals surface area (Å²) in [5, 5.41) is 3.53. The molecule has 0 bridgehead atoms. The van der Waals surface area contributed by atoms with Crippen molar-refractivity contribution in [3.05, 3.63) is 0 Å². The third-order valence-electron chi connectivity index (χ3n) is 4.77. The van der Waals surface area contributed by atoms with Gasteiger partial charge < -0.3 is 5.32 Å². The molecule has 0 radical (unpaired) electrons. The van der Waals surface area contributed by atoms with Gasteiger partial charge in [-0.25, -0.2) is 0 Å². The molecule has 0 aromatic carbocycles. The largest absolute Gasteiger partial charge is 0.315 e. The lowest BCUT2D eigenvalue weighted by molar-refractivity contribution is 0.145. The summed E-state index contributed by atoms with van der Waals surface area (Å²) in [5.74, 6) is 1.81. The van der Waals surface area contributed by atoms with Crippen LogP contribution < -0.4 is 5.32 Å². The highest BCUT2D eigenvalue weighted by Crippen LogP contribution is 2.30. The van der Waals surface area contributed by atoms with Gasteiger partial charge in [0.05, 0.1) is 0 Å². The number of rotatable bonds is 3. The topological polar surface area (TPSA) is 15.3 Å². The Hall–Kier alpha value is -0.0800. The molecule has 2 heteroatoms. The first kappa shape index (κ1) is 12.4. The SMILES string of the molecule is CNC1CCCCC1N1CCC(C(C)C)C1. The number of likely N-dealkylation sites (tertiary alicyclic amines) is 1. The second kappa shape index (κ2) is 5.50. The second-order valence-electron chi connectivity index (χ2n) is 6.03. The Morgan fingerprint density at radius 1 is 1.12 bits per heavy atom. The highest BCUT2D eigenvalue weighted by molar-refractivity contribution is 4.91. The lowest BCUT2D eigenvalue weighted by Gasteiger charge is -2.38. The molecule has 0 amide bonds. The maximum atomic E-state index is 3.53. The van der Waals surface area contributed by atoms with Crippen LogP contribution in [0.3, 0.4) is 0 Å². The summed E-state index contributed by atoms with van der Waals surface area (Å²) in [6.07, 6.45) is 7.07. The Balaban J connectivity index is 1.91. The second-order valence-corrected chi connectivity index (χ2v) is 6.03. The lowest BCUT2D eigenvalue weighted by Crippen LogP contribution is -2.50. The fourth-order valence-corrected chi connectivity index (χ4v) is 3.55. The van der Waals surface area contributed by atoms with Crippen molar-refractivity contribution in [1.29, 1.82) is 0 Å². The molecular formula is C14H28N2. The molecule has 16 heavy (non-hydrogen) atoms. The molecule has 2 aliphatic rings. The summed E-state index contributed by atoms with van der Waals surface area (Å²) in [6.45, 7) is 7.45. The van der Waals surface area contributed by atoms with E-state index in [4.69, 9.17) is 0 Å². The Morgan fingerprint density at radius 2 is 1.88 bits per heavy atom. The molecule has 2 rings (SSSR count). The minimum atomic E-state index is 0.750. The van der Waals surface area contributed by atoms with E-state index < -0.39 is 0 Å². The van der Waals surface area contributed by atoms with Crippen LogP contribution in [0.1, 0.15) is 46.0 Å². The fourth-order valence-electron chi connectivity index (χ4n) is 3.55. The number of nitrogens with one attached hydrogen (secondary N) is 1. The monoisotopic (exact) mass is 224 g/mol. The molecule has 1 N–H and O–H groups in total. The van der Waals surface area contributed by atoms with E-state index in [0.717, 1.165) is 23.9 Å². The summed E-state index contributed by atoms with van der Waals surface area (Å²) in [5.41, 5.74) is 0. The van der Waals surface area contributed by atoms with E-state index in [0.29, 0.717) is 0 Å². The van der Waals surface area contributed by atoms with Crippen molar-refractivity contribution in [1.82, 2.24) is 10.2 Å². The Kier molecular flexibility index (Phi) is 4.26. The van der Waals surface area contributed by atoms with Crippen LogP contribution in [0.25, 0.3) is 0 Å². The molecule has 2 nitrogen and oxygen atoms in total. The zero-order valence-electron chi connectivity index (χ0n) is 11.2. The van der Waals surface area contributed by atoms with Crippen LogP contribution in [0.2, 0.25) is 0 Å². The standard InChI is InChI=1S/C14H28N2/c1-11(2)12-8-9-16(10-12)14-7-5-4-6-13(14)15-3/h11-15H,4-10H2,1-3H3. The normalized spacial score (nSPS) is 37.1. The van der Waals surface area contributed by atoms with E-state index in [9.17, 15) is 0 Å². The summed E-state index contributed by atoms with van der Waals surface area (Å²) < 4.78 is 0. The van der Waals surface area contributed by atoms with E-state index in [1.165, 1.54) is 45.2 Å². The van der Waals surface area contributed by atoms with Crippen molar-refractivity contribution in [3.8, 4) is 0 Å². The predicted molar refractivity (Wildman–Crippen MR) is 69.6 cm³/mol. The quantitative estimate of drug-likeness (QED) is 0.792. The zero-order valence-corrected chi connectivity index (χ0v) is 11.2. The number of likely N-dealkylation sites (N-methyl/N-ethyl adjacent to an activating group) is 1. The summed E-state index contributed by atoms with van der Waals surface area (Å²) in [4.78, 5) is 2.77. The first-order chi connectivity index (χ1) is 7.72. The smallest absolute Gasteiger partial charge is 0.0249 e. The highest BCUT2D eigenvalue weighted by Gasteiger charge is 2.34. The molecule has 0 spiro atoms. The van der Waals surface area contributed by atoms with Crippen LogP contribution in [0.15, 0.2) is 0 Å². The van der Waals surface area contributed by atoms with Gasteiger partial charge in [-0.2, -0.15) is 0 Å². The van der Waals surface area contributed by atoms with E-state index in [2.05, 4.69) is 31.1 Å². The van der Waals surface area contributed by atoms with Crippen molar-refractivity contribution in [3.63, 3.8) is 0 Å². The minimum absolute atomic E-state index is 0.750. The molecule has 0 aromatic rings. The maximum absolute atomic E-state index is 3.53. The molecule has 1 heterocycles. The van der Waals surface area contributed by atoms with Crippen LogP contribution in [0.5, 0.6) is 0 Å². The molecule has 1 saturated carbocycles. The third kappa shape index (κ3) is 2.60. The molecule has 1 aliphatic heterocycles. The molecule has 1 saturated heterocycles. The van der Waals surface area contributed by atoms with Gasteiger partial charge in [0.15, 0.2) is 0 Å². The van der Waals surface area contributed by atoms with E-state index >= 15 is 0 Å². The molecule has 0 aromatic heterocycles. The minimum Gasteiger partial charge on any atom is -0.315 e. The predicted octanol–water partition coefficient (Wildman–Crippen LogP) is 2.49. The van der Waals surface area contributed by atoms with Gasteiger partial charge in [-0.3, -0.25) is 4.90 Å². The average Bonchev–Trinajstić information content (AvgIpc) is 2.78. The van der Waals surface area contributed by atoms with Crippen LogP contribution >= 0.6 is 0 Å². The van der Waals surface area contributed by atoms with Crippen molar-refractivity contribution < 1.29 is 0 Å².